The van der Waals surface area contributed by atoms with Crippen LogP contribution in [0, 0.1) is 5.92 Å². The van der Waals surface area contributed by atoms with Crippen molar-refractivity contribution in [2.75, 3.05) is 20.8 Å². The number of rotatable bonds is 9. The molecule has 0 radical (unpaired) electrons. The molecule has 2 aliphatic heterocycles. The number of carbonyl (C=O) groups excluding carboxylic acids is 1. The van der Waals surface area contributed by atoms with Gasteiger partial charge in [-0.05, 0) is 60.0 Å². The number of para-hydroxylation sites is 1. The van der Waals surface area contributed by atoms with Gasteiger partial charge in [0.1, 0.15) is 17.6 Å². The van der Waals surface area contributed by atoms with Gasteiger partial charge in [-0.25, -0.2) is 4.68 Å². The minimum atomic E-state index is -2.45. The minimum absolute atomic E-state index is 0.0155. The topological polar surface area (TPSA) is 106 Å². The van der Waals surface area contributed by atoms with E-state index in [2.05, 4.69) is 49.4 Å². The highest BCUT2D eigenvalue weighted by molar-refractivity contribution is 6.91. The zero-order chi connectivity index (χ0) is 35.2. The third kappa shape index (κ3) is 5.95. The van der Waals surface area contributed by atoms with Crippen LogP contribution in [0.5, 0.6) is 11.5 Å². The van der Waals surface area contributed by atoms with Gasteiger partial charge in [0.15, 0.2) is 0 Å². The molecular formula is C40H45N3O6Si. The molecule has 0 bridgehead atoms. The molecule has 0 aliphatic carbocycles. The predicted molar refractivity (Wildman–Crippen MR) is 197 cm³/mol. The summed E-state index contributed by atoms with van der Waals surface area (Å²) in [6.07, 6.45) is 0.216. The smallest absolute Gasteiger partial charge is 0.279 e. The van der Waals surface area contributed by atoms with Crippen molar-refractivity contribution >= 4 is 30.1 Å². The Labute approximate surface area is 293 Å². The van der Waals surface area contributed by atoms with E-state index in [9.17, 15) is 14.7 Å². The lowest BCUT2D eigenvalue weighted by atomic mass is 9.86. The number of amides is 1. The molecular weight excluding hydrogens is 647 g/mol. The number of aliphatic hydroxyl groups excluding tert-OH is 1. The second-order valence-electron chi connectivity index (χ2n) is 14.2. The highest BCUT2D eigenvalue weighted by atomic mass is 28.3. The molecule has 0 spiro atoms. The third-order valence-electron chi connectivity index (χ3n) is 11.1. The molecule has 3 heterocycles. The summed E-state index contributed by atoms with van der Waals surface area (Å²) in [5.41, 5.74) is 4.36. The molecule has 5 aromatic rings. The zero-order valence-corrected chi connectivity index (χ0v) is 30.3. The predicted octanol–water partition coefficient (Wildman–Crippen LogP) is 5.73. The molecule has 0 saturated carbocycles. The molecule has 2 aliphatic rings. The van der Waals surface area contributed by atoms with Crippen molar-refractivity contribution in [2.45, 2.75) is 63.2 Å². The van der Waals surface area contributed by atoms with Crippen LogP contribution < -0.4 is 20.2 Å². The molecule has 2 N–H and O–H groups in total. The molecule has 5 atom stereocenters. The van der Waals surface area contributed by atoms with E-state index in [0.717, 1.165) is 22.4 Å². The van der Waals surface area contributed by atoms with Gasteiger partial charge in [0.2, 0.25) is 5.91 Å². The Balaban J connectivity index is 1.26. The molecule has 1 aromatic heterocycles. The fourth-order valence-corrected chi connectivity index (χ4v) is 11.4. The number of methoxy groups -OCH3 is 2. The largest absolute Gasteiger partial charge is 0.497 e. The number of benzene rings is 4. The van der Waals surface area contributed by atoms with Crippen molar-refractivity contribution in [3.05, 3.63) is 118 Å². The number of nitrogens with zero attached hydrogens (tertiary/aromatic N) is 2. The monoisotopic (exact) mass is 691 g/mol. The van der Waals surface area contributed by atoms with Crippen molar-refractivity contribution in [1.82, 2.24) is 14.7 Å². The molecule has 9 nitrogen and oxygen atoms in total. The van der Waals surface area contributed by atoms with E-state index in [4.69, 9.17) is 14.2 Å². The Kier molecular flexibility index (Phi) is 9.19. The van der Waals surface area contributed by atoms with Crippen molar-refractivity contribution in [1.29, 1.82) is 0 Å². The number of hydrogen-bond acceptors (Lipinski definition) is 6. The van der Waals surface area contributed by atoms with Gasteiger partial charge in [-0.15, -0.1) is 0 Å². The van der Waals surface area contributed by atoms with E-state index >= 15 is 0 Å². The molecule has 0 fully saturated rings. The first kappa shape index (κ1) is 33.8. The maximum Gasteiger partial charge on any atom is 0.279 e. The zero-order valence-electron chi connectivity index (χ0n) is 29.3. The molecule has 260 valence electrons. The van der Waals surface area contributed by atoms with E-state index < -0.39 is 8.07 Å². The summed E-state index contributed by atoms with van der Waals surface area (Å²) < 4.78 is 20.2. The standard InChI is InChI=1S/C40H45N3O6Si/c1-25-38(48-3)33-21-28(43-40(46)32-12-8-9-13-34(32)41-43)14-19-35(33)49-39(25)36(50(4,5)31-17-15-30(47-2)16-18-31)22-37(45)42-23-27-11-7-6-10-26(27)20-29(42)24-44/h6-19,21,25,29,36,38-39,41,44H,20,22-24H2,1-5H3/t25-,29-,36?,38-,39-/m0/s1. The number of nitrogens with one attached hydrogen (secondary N) is 1. The number of aromatic amines is 1. The molecule has 4 aromatic carbocycles. The summed E-state index contributed by atoms with van der Waals surface area (Å²) in [7, 11) is 0.912. The molecule has 50 heavy (non-hydrogen) atoms. The molecule has 1 amide bonds. The van der Waals surface area contributed by atoms with E-state index in [-0.39, 0.29) is 54.2 Å². The number of ether oxygens (including phenoxy) is 3. The van der Waals surface area contributed by atoms with Crippen LogP contribution in [-0.4, -0.2) is 66.7 Å². The number of aliphatic hydroxyl groups is 1. The Morgan fingerprint density at radius 3 is 2.42 bits per heavy atom. The van der Waals surface area contributed by atoms with E-state index in [1.165, 1.54) is 10.8 Å². The number of H-pyrrole nitrogens is 1. The molecule has 10 heteroatoms. The highest BCUT2D eigenvalue weighted by Crippen LogP contribution is 2.48. The maximum atomic E-state index is 14.5. The summed E-state index contributed by atoms with van der Waals surface area (Å²) in [5.74, 6) is 1.36. The number of carbonyl (C=O) groups is 1. The van der Waals surface area contributed by atoms with Gasteiger partial charge >= 0.3 is 0 Å². The van der Waals surface area contributed by atoms with Crippen LogP contribution in [0.4, 0.5) is 0 Å². The molecule has 1 unspecified atom stereocenters. The summed E-state index contributed by atoms with van der Waals surface area (Å²) in [5, 5.41) is 15.5. The summed E-state index contributed by atoms with van der Waals surface area (Å²) in [6.45, 7) is 7.12. The Bertz CT molecular complexity index is 2070. The first-order chi connectivity index (χ1) is 24.1. The Morgan fingerprint density at radius 2 is 1.72 bits per heavy atom. The van der Waals surface area contributed by atoms with Crippen LogP contribution in [0.1, 0.15) is 36.1 Å². The normalized spacial score (nSPS) is 20.9. The van der Waals surface area contributed by atoms with Crippen molar-refractivity contribution in [3.8, 4) is 17.2 Å². The highest BCUT2D eigenvalue weighted by Gasteiger charge is 2.49. The van der Waals surface area contributed by atoms with Gasteiger partial charge in [-0.3, -0.25) is 14.7 Å². The lowest BCUT2D eigenvalue weighted by Gasteiger charge is -2.46. The van der Waals surface area contributed by atoms with E-state index in [1.807, 2.05) is 71.6 Å². The van der Waals surface area contributed by atoms with Crippen LogP contribution in [-0.2, 0) is 22.5 Å². The van der Waals surface area contributed by atoms with Crippen LogP contribution in [0.3, 0.4) is 0 Å². The Morgan fingerprint density at radius 1 is 1.00 bits per heavy atom. The maximum absolute atomic E-state index is 14.5. The first-order valence-electron chi connectivity index (χ1n) is 17.3. The van der Waals surface area contributed by atoms with Crippen molar-refractivity contribution in [3.63, 3.8) is 0 Å². The fourth-order valence-electron chi connectivity index (χ4n) is 8.11. The van der Waals surface area contributed by atoms with Gasteiger partial charge in [0.25, 0.3) is 5.56 Å². The fraction of sp³-hybridized carbons (Fsp3) is 0.350. The molecule has 0 saturated heterocycles. The number of aromatic nitrogens is 2. The number of fused-ring (bicyclic) bond motifs is 3. The van der Waals surface area contributed by atoms with Gasteiger partial charge in [-0.2, -0.15) is 0 Å². The van der Waals surface area contributed by atoms with Crippen LogP contribution in [0.25, 0.3) is 16.6 Å². The average Bonchev–Trinajstić information content (AvgIpc) is 3.48. The first-order valence-corrected chi connectivity index (χ1v) is 20.4. The van der Waals surface area contributed by atoms with Gasteiger partial charge in [-0.1, -0.05) is 73.7 Å². The lowest BCUT2D eigenvalue weighted by molar-refractivity contribution is -0.136. The van der Waals surface area contributed by atoms with E-state index in [0.29, 0.717) is 29.8 Å². The van der Waals surface area contributed by atoms with Crippen LogP contribution in [0.2, 0.25) is 18.6 Å². The quantitative estimate of drug-likeness (QED) is 0.191. The average molecular weight is 692 g/mol. The Hall–Kier alpha value is -4.64. The van der Waals surface area contributed by atoms with Gasteiger partial charge in [0, 0.05) is 37.1 Å². The third-order valence-corrected chi connectivity index (χ3v) is 15.3. The van der Waals surface area contributed by atoms with Crippen molar-refractivity contribution < 1.29 is 24.1 Å². The summed E-state index contributed by atoms with van der Waals surface area (Å²) >= 11 is 0. The number of hydrogen-bond donors (Lipinski definition) is 2. The van der Waals surface area contributed by atoms with Crippen molar-refractivity contribution in [2.24, 2.45) is 5.92 Å². The van der Waals surface area contributed by atoms with Crippen LogP contribution in [0.15, 0.2) is 95.8 Å². The lowest BCUT2D eigenvalue weighted by Crippen LogP contribution is -2.56. The van der Waals surface area contributed by atoms with Gasteiger partial charge < -0.3 is 24.2 Å². The molecule has 7 rings (SSSR count). The van der Waals surface area contributed by atoms with Gasteiger partial charge in [0.05, 0.1) is 50.5 Å². The SMILES string of the molecule is COc1ccc([Si](C)(C)C(CC(=O)N2Cc3ccccc3C[C@H]2CO)[C@H]2Oc3ccc(-n4[nH]c5ccccc5c4=O)cc3[C@@H](OC)[C@@H]2C)cc1. The van der Waals surface area contributed by atoms with Crippen LogP contribution >= 0.6 is 0 Å². The summed E-state index contributed by atoms with van der Waals surface area (Å²) in [4.78, 5) is 29.7. The van der Waals surface area contributed by atoms with E-state index in [1.54, 1.807) is 18.9 Å². The summed E-state index contributed by atoms with van der Waals surface area (Å²) in [6, 6.07) is 29.3. The second-order valence-corrected chi connectivity index (χ2v) is 19.0. The second kappa shape index (κ2) is 13.6. The minimum Gasteiger partial charge on any atom is -0.497 e.